The van der Waals surface area contributed by atoms with E-state index < -0.39 is 76.8 Å². The number of rotatable bonds is 7. The number of benzene rings is 6. The summed E-state index contributed by atoms with van der Waals surface area (Å²) in [6.07, 6.45) is 0. The van der Waals surface area contributed by atoms with Gasteiger partial charge in [0.15, 0.2) is 29.0 Å². The van der Waals surface area contributed by atoms with Crippen LogP contribution in [0.4, 0.5) is 57.3 Å². The monoisotopic (exact) mass is 784 g/mol. The van der Waals surface area contributed by atoms with E-state index in [0.29, 0.717) is 29.3 Å². The maximum atomic E-state index is 13.8. The van der Waals surface area contributed by atoms with Crippen LogP contribution >= 0.6 is 0 Å². The Bertz CT molecular complexity index is 2250. The SMILES string of the molecule is Cc1c(-c2ccc(OF)cc2F)cc(F)c(CF)c1F.Cc1ccc(-c2cc(F)c(CF)c(F)c2)cc1.FOc1ccc(-c2cc(F)c(F)c(F)c2)c(F)c1. The van der Waals surface area contributed by atoms with Crippen LogP contribution < -0.4 is 9.88 Å². The molecule has 6 aromatic rings. The summed E-state index contributed by atoms with van der Waals surface area (Å²) >= 11 is 0. The summed E-state index contributed by atoms with van der Waals surface area (Å²) in [5.74, 6) is -11.0. The van der Waals surface area contributed by atoms with Gasteiger partial charge in [-0.1, -0.05) is 29.8 Å². The quantitative estimate of drug-likeness (QED) is 0.119. The lowest BCUT2D eigenvalue weighted by Crippen LogP contribution is -2.00. The third-order valence-corrected chi connectivity index (χ3v) is 8.00. The van der Waals surface area contributed by atoms with Gasteiger partial charge in [-0.3, -0.25) is 9.88 Å². The Morgan fingerprint density at radius 3 is 1.31 bits per heavy atom. The maximum absolute atomic E-state index is 13.8. The van der Waals surface area contributed by atoms with Crippen molar-refractivity contribution in [3.8, 4) is 44.9 Å². The van der Waals surface area contributed by atoms with Crippen LogP contribution in [0.2, 0.25) is 0 Å². The van der Waals surface area contributed by atoms with Crippen molar-refractivity contribution in [2.45, 2.75) is 27.2 Å². The minimum atomic E-state index is -1.64. The summed E-state index contributed by atoms with van der Waals surface area (Å²) in [5.41, 5.74) is 0.281. The minimum Gasteiger partial charge on any atom is -0.294 e. The van der Waals surface area contributed by atoms with Gasteiger partial charge in [-0.25, -0.2) is 48.3 Å². The molecular formula is C40H25F13O2. The number of alkyl halides is 2. The Balaban J connectivity index is 0.000000184. The molecule has 0 N–H and O–H groups in total. The number of hydrogen-bond acceptors (Lipinski definition) is 2. The molecule has 0 saturated heterocycles. The van der Waals surface area contributed by atoms with E-state index in [2.05, 4.69) is 9.88 Å². The second-order valence-corrected chi connectivity index (χ2v) is 11.6. The molecule has 0 amide bonds. The van der Waals surface area contributed by atoms with Gasteiger partial charge in [0.2, 0.25) is 0 Å². The molecule has 288 valence electrons. The molecule has 0 saturated carbocycles. The smallest absolute Gasteiger partial charge is 0.194 e. The Hall–Kier alpha value is -5.99. The Labute approximate surface area is 304 Å². The van der Waals surface area contributed by atoms with Crippen molar-refractivity contribution in [3.05, 3.63) is 166 Å². The molecule has 2 nitrogen and oxygen atoms in total. The zero-order chi connectivity index (χ0) is 40.6. The molecule has 0 atom stereocenters. The molecule has 0 fully saturated rings. The first-order chi connectivity index (χ1) is 26.1. The lowest BCUT2D eigenvalue weighted by atomic mass is 9.97. The van der Waals surface area contributed by atoms with Crippen molar-refractivity contribution >= 4 is 0 Å². The first kappa shape index (κ1) is 41.8. The van der Waals surface area contributed by atoms with Crippen molar-refractivity contribution in [2.75, 3.05) is 0 Å². The summed E-state index contributed by atoms with van der Waals surface area (Å²) in [6, 6.07) is 17.5. The van der Waals surface area contributed by atoms with Crippen molar-refractivity contribution in [2.24, 2.45) is 0 Å². The lowest BCUT2D eigenvalue weighted by Gasteiger charge is -2.12. The maximum Gasteiger partial charge on any atom is 0.194 e. The molecule has 0 aliphatic heterocycles. The lowest BCUT2D eigenvalue weighted by molar-refractivity contribution is -0.00652. The third-order valence-electron chi connectivity index (χ3n) is 8.00. The average Bonchev–Trinajstić information content (AvgIpc) is 3.16. The van der Waals surface area contributed by atoms with Gasteiger partial charge in [-0.05, 0) is 96.3 Å². The predicted molar refractivity (Wildman–Crippen MR) is 178 cm³/mol. The minimum absolute atomic E-state index is 0.0693. The fourth-order valence-corrected chi connectivity index (χ4v) is 5.07. The van der Waals surface area contributed by atoms with Crippen LogP contribution in [0.3, 0.4) is 0 Å². The van der Waals surface area contributed by atoms with E-state index in [4.69, 9.17) is 0 Å². The molecule has 15 heteroatoms. The highest BCUT2D eigenvalue weighted by Crippen LogP contribution is 2.33. The van der Waals surface area contributed by atoms with Crippen LogP contribution in [0.25, 0.3) is 33.4 Å². The zero-order valence-electron chi connectivity index (χ0n) is 28.3. The summed E-state index contributed by atoms with van der Waals surface area (Å²) in [4.78, 5) is 6.67. The molecule has 0 aliphatic rings. The van der Waals surface area contributed by atoms with Crippen molar-refractivity contribution in [1.29, 1.82) is 0 Å². The van der Waals surface area contributed by atoms with Crippen LogP contribution in [0.5, 0.6) is 11.5 Å². The van der Waals surface area contributed by atoms with Crippen molar-refractivity contribution in [1.82, 2.24) is 0 Å². The number of hydrogen-bond donors (Lipinski definition) is 0. The van der Waals surface area contributed by atoms with Gasteiger partial charge >= 0.3 is 0 Å². The third kappa shape index (κ3) is 9.77. The van der Waals surface area contributed by atoms with E-state index in [1.54, 1.807) is 12.1 Å². The van der Waals surface area contributed by atoms with E-state index in [9.17, 15) is 57.3 Å². The highest BCUT2D eigenvalue weighted by atomic mass is 19.3. The van der Waals surface area contributed by atoms with Crippen LogP contribution in [0, 0.1) is 66.2 Å². The van der Waals surface area contributed by atoms with Crippen LogP contribution in [0.1, 0.15) is 22.3 Å². The summed E-state index contributed by atoms with van der Waals surface area (Å²) < 4.78 is 169. The largest absolute Gasteiger partial charge is 0.294 e. The van der Waals surface area contributed by atoms with Crippen LogP contribution in [0.15, 0.2) is 91.0 Å². The molecule has 6 rings (SSSR count). The Kier molecular flexibility index (Phi) is 13.9. The van der Waals surface area contributed by atoms with Gasteiger partial charge in [-0.2, -0.15) is 0 Å². The molecule has 0 aromatic heterocycles. The highest BCUT2D eigenvalue weighted by molar-refractivity contribution is 5.70. The van der Waals surface area contributed by atoms with Gasteiger partial charge in [0.05, 0.1) is 11.1 Å². The van der Waals surface area contributed by atoms with Crippen molar-refractivity contribution < 1.29 is 67.2 Å². The summed E-state index contributed by atoms with van der Waals surface area (Å²) in [7, 11) is 0. The Morgan fingerprint density at radius 1 is 0.400 bits per heavy atom. The first-order valence-electron chi connectivity index (χ1n) is 15.6. The van der Waals surface area contributed by atoms with Crippen molar-refractivity contribution in [3.63, 3.8) is 0 Å². The molecule has 0 aliphatic carbocycles. The first-order valence-corrected chi connectivity index (χ1v) is 15.6. The van der Waals surface area contributed by atoms with E-state index in [0.717, 1.165) is 54.1 Å². The van der Waals surface area contributed by atoms with Gasteiger partial charge in [0, 0.05) is 32.3 Å². The molecule has 0 spiro atoms. The van der Waals surface area contributed by atoms with E-state index >= 15 is 0 Å². The van der Waals surface area contributed by atoms with Gasteiger partial charge < -0.3 is 0 Å². The second-order valence-electron chi connectivity index (χ2n) is 11.6. The van der Waals surface area contributed by atoms with Gasteiger partial charge in [-0.15, -0.1) is 0 Å². The predicted octanol–water partition coefficient (Wildman–Crippen LogP) is 13.4. The van der Waals surface area contributed by atoms with Crippen LogP contribution in [-0.2, 0) is 13.3 Å². The van der Waals surface area contributed by atoms with E-state index in [1.165, 1.54) is 6.92 Å². The fourth-order valence-electron chi connectivity index (χ4n) is 5.07. The van der Waals surface area contributed by atoms with E-state index in [1.807, 2.05) is 19.1 Å². The summed E-state index contributed by atoms with van der Waals surface area (Å²) in [5, 5.41) is 0. The molecule has 6 aromatic carbocycles. The van der Waals surface area contributed by atoms with Crippen LogP contribution in [-0.4, -0.2) is 0 Å². The normalized spacial score (nSPS) is 10.6. The number of aryl methyl sites for hydroxylation is 1. The molecule has 0 heterocycles. The van der Waals surface area contributed by atoms with E-state index in [-0.39, 0.29) is 39.3 Å². The molecule has 0 bridgehead atoms. The summed E-state index contributed by atoms with van der Waals surface area (Å²) in [6.45, 7) is 0.779. The highest BCUT2D eigenvalue weighted by Gasteiger charge is 2.19. The standard InChI is InChI=1S/C14H9F5O.C14H11F3.C12H5F5O/c1-7-10(5-13(17)11(6-15)14(7)18)9-3-2-8(20-19)4-12(9)16;1-9-2-4-10(5-3-9)11-6-13(16)12(8-15)14(17)7-11;13-9-5-7(18-17)1-2-8(9)6-3-10(14)12(16)11(15)4-6/h2-5H,6H2,1H3;2-7H,8H2,1H3;1-5H. The second kappa shape index (κ2) is 18.4. The molecule has 0 unspecified atom stereocenters. The molecule has 0 radical (unpaired) electrons. The van der Waals surface area contributed by atoms with Gasteiger partial charge in [0.25, 0.3) is 0 Å². The Morgan fingerprint density at radius 2 is 0.855 bits per heavy atom. The fraction of sp³-hybridized carbons (Fsp3) is 0.100. The number of halogens is 13. The average molecular weight is 785 g/mol. The zero-order valence-corrected chi connectivity index (χ0v) is 28.3. The molecule has 55 heavy (non-hydrogen) atoms. The molecular weight excluding hydrogens is 759 g/mol. The van der Waals surface area contributed by atoms with Gasteiger partial charge in [0.1, 0.15) is 48.3 Å². The topological polar surface area (TPSA) is 18.5 Å².